The van der Waals surface area contributed by atoms with E-state index in [9.17, 15) is 20.2 Å². The normalized spacial score (nSPS) is 9.31. The van der Waals surface area contributed by atoms with Crippen molar-refractivity contribution in [1.29, 1.82) is 0 Å². The number of hydrogen-bond acceptors (Lipinski definition) is 6. The molecule has 0 aromatic rings. The Hall–Kier alpha value is -1.93. The highest BCUT2D eigenvalue weighted by atomic mass is 16.7. The summed E-state index contributed by atoms with van der Waals surface area (Å²) in [7, 11) is 0. The lowest BCUT2D eigenvalue weighted by molar-refractivity contribution is -0.744. The lowest BCUT2D eigenvalue weighted by Crippen LogP contribution is -2.33. The first-order chi connectivity index (χ1) is 6.09. The molecule has 0 saturated heterocycles. The Balaban J connectivity index is 3.90. The molecule has 13 heavy (non-hydrogen) atoms. The second kappa shape index (κ2) is 5.69. The Morgan fingerprint density at radius 2 is 2.00 bits per heavy atom. The summed E-state index contributed by atoms with van der Waals surface area (Å²) in [5.41, 5.74) is 7.76. The maximum atomic E-state index is 9.99. The predicted octanol–water partition coefficient (Wildman–Crippen LogP) is 0.150. The minimum atomic E-state index is -2.02. The fourth-order valence-electron chi connectivity index (χ4n) is 0.423. The average molecular weight is 191 g/mol. The zero-order chi connectivity index (χ0) is 10.3. The van der Waals surface area contributed by atoms with Gasteiger partial charge in [0, 0.05) is 4.91 Å². The summed E-state index contributed by atoms with van der Waals surface area (Å²) < 4.78 is 4.36. The quantitative estimate of drug-likeness (QED) is 0.111. The Morgan fingerprint density at radius 1 is 1.46 bits per heavy atom. The highest BCUT2D eigenvalue weighted by Crippen LogP contribution is 1.92. The molecule has 0 spiro atoms. The Labute approximate surface area is 71.0 Å². The molecule has 0 N–H and O–H groups in total. The second-order valence-electron chi connectivity index (χ2n) is 1.78. The Kier molecular flexibility index (Phi) is 4.84. The third-order valence-electron chi connectivity index (χ3n) is 0.966. The summed E-state index contributed by atoms with van der Waals surface area (Å²) in [6.07, 6.45) is -2.02. The third kappa shape index (κ3) is 4.50. The Morgan fingerprint density at radius 3 is 2.38 bits per heavy atom. The molecule has 0 rings (SSSR count). The molecule has 10 nitrogen and oxygen atoms in total. The van der Waals surface area contributed by atoms with Crippen molar-refractivity contribution in [3.8, 4) is 0 Å². The number of rotatable bonds is 6. The number of ether oxygens (including phenoxy) is 1. The minimum absolute atomic E-state index is 0.464. The van der Waals surface area contributed by atoms with Gasteiger partial charge in [0.25, 0.3) is 0 Å². The van der Waals surface area contributed by atoms with E-state index in [2.05, 4.69) is 14.8 Å². The van der Waals surface area contributed by atoms with Gasteiger partial charge in [-0.25, -0.2) is 0 Å². The minimum Gasteiger partial charge on any atom is -0.361 e. The van der Waals surface area contributed by atoms with Crippen LogP contribution in [0, 0.1) is 20.2 Å². The van der Waals surface area contributed by atoms with E-state index in [1.54, 1.807) is 0 Å². The molecular formula is C3H5N5O5. The first-order valence-electron chi connectivity index (χ1n) is 2.95. The molecule has 0 heterocycles. The molecule has 0 radical (unpaired) electrons. The van der Waals surface area contributed by atoms with Crippen molar-refractivity contribution in [1.82, 2.24) is 0 Å². The van der Waals surface area contributed by atoms with Gasteiger partial charge in [0.05, 0.1) is 9.85 Å². The summed E-state index contributed by atoms with van der Waals surface area (Å²) in [6.45, 7) is -1.19. The lowest BCUT2D eigenvalue weighted by Gasteiger charge is -2.00. The van der Waals surface area contributed by atoms with E-state index in [1.807, 2.05) is 0 Å². The summed E-state index contributed by atoms with van der Waals surface area (Å²) in [5.74, 6) is 0. The monoisotopic (exact) mass is 191 g/mol. The van der Waals surface area contributed by atoms with Crippen LogP contribution in [-0.4, -0.2) is 29.4 Å². The van der Waals surface area contributed by atoms with E-state index in [1.165, 1.54) is 0 Å². The van der Waals surface area contributed by atoms with Gasteiger partial charge < -0.3 is 4.74 Å². The van der Waals surface area contributed by atoms with Crippen LogP contribution in [0.1, 0.15) is 0 Å². The first kappa shape index (κ1) is 11.1. The third-order valence-corrected chi connectivity index (χ3v) is 0.966. The zero-order valence-corrected chi connectivity index (χ0v) is 6.27. The van der Waals surface area contributed by atoms with Crippen molar-refractivity contribution in [2.45, 2.75) is 6.17 Å². The van der Waals surface area contributed by atoms with Crippen LogP contribution in [0.4, 0.5) is 0 Å². The maximum Gasteiger partial charge on any atom is 0.473 e. The van der Waals surface area contributed by atoms with Gasteiger partial charge in [0.15, 0.2) is 6.61 Å². The van der Waals surface area contributed by atoms with E-state index in [4.69, 9.17) is 5.53 Å². The molecule has 0 fully saturated rings. The molecule has 0 unspecified atom stereocenters. The molecule has 0 atom stereocenters. The van der Waals surface area contributed by atoms with Gasteiger partial charge in [-0.2, -0.15) is 0 Å². The summed E-state index contributed by atoms with van der Waals surface area (Å²) in [4.78, 5) is 20.1. The van der Waals surface area contributed by atoms with Crippen LogP contribution in [0.25, 0.3) is 10.4 Å². The number of azide groups is 1. The van der Waals surface area contributed by atoms with Crippen molar-refractivity contribution in [2.24, 2.45) is 5.11 Å². The van der Waals surface area contributed by atoms with Crippen molar-refractivity contribution < 1.29 is 14.6 Å². The van der Waals surface area contributed by atoms with Gasteiger partial charge in [-0.3, -0.25) is 20.2 Å². The van der Waals surface area contributed by atoms with Crippen LogP contribution in [0.5, 0.6) is 0 Å². The van der Waals surface area contributed by atoms with Crippen LogP contribution in [0.15, 0.2) is 5.11 Å². The van der Waals surface area contributed by atoms with E-state index in [-0.39, 0.29) is 0 Å². The standard InChI is InChI=1S/C3H5N5O5/c4-6-5-2-13-1-3(7(9)10)8(11)12/h3H,1-2H2. The fraction of sp³-hybridized carbons (Fsp3) is 1.00. The van der Waals surface area contributed by atoms with Gasteiger partial charge in [-0.05, 0) is 5.53 Å². The Bertz CT molecular complexity index is 233. The van der Waals surface area contributed by atoms with Crippen LogP contribution >= 0.6 is 0 Å². The highest BCUT2D eigenvalue weighted by Gasteiger charge is 2.31. The second-order valence-corrected chi connectivity index (χ2v) is 1.78. The first-order valence-corrected chi connectivity index (χ1v) is 2.95. The number of nitro groups is 2. The summed E-state index contributed by atoms with van der Waals surface area (Å²) >= 11 is 0. The maximum absolute atomic E-state index is 9.99. The van der Waals surface area contributed by atoms with E-state index in [0.717, 1.165) is 0 Å². The van der Waals surface area contributed by atoms with Crippen molar-refractivity contribution in [2.75, 3.05) is 13.3 Å². The van der Waals surface area contributed by atoms with Crippen LogP contribution in [0.3, 0.4) is 0 Å². The molecule has 0 aliphatic heterocycles. The fourth-order valence-corrected chi connectivity index (χ4v) is 0.423. The number of nitrogens with zero attached hydrogens (tertiary/aromatic N) is 5. The molecule has 0 aromatic heterocycles. The average Bonchev–Trinajstić information content (AvgIpc) is 2.02. The molecule has 0 amide bonds. The van der Waals surface area contributed by atoms with Gasteiger partial charge in [-0.1, -0.05) is 5.11 Å². The summed E-state index contributed by atoms with van der Waals surface area (Å²) in [5, 5.41) is 22.8. The van der Waals surface area contributed by atoms with E-state index < -0.39 is 29.4 Å². The molecule has 0 aliphatic carbocycles. The van der Waals surface area contributed by atoms with E-state index in [0.29, 0.717) is 0 Å². The molecule has 0 saturated carbocycles. The highest BCUT2D eigenvalue weighted by molar-refractivity contribution is 4.40. The molecular weight excluding hydrogens is 186 g/mol. The smallest absolute Gasteiger partial charge is 0.361 e. The molecule has 0 aliphatic rings. The molecule has 0 aromatic carbocycles. The predicted molar refractivity (Wildman–Crippen MR) is 37.7 cm³/mol. The molecule has 10 heteroatoms. The lowest BCUT2D eigenvalue weighted by atomic mass is 10.6. The van der Waals surface area contributed by atoms with Crippen LogP contribution < -0.4 is 0 Å². The van der Waals surface area contributed by atoms with Crippen LogP contribution in [-0.2, 0) is 4.74 Å². The van der Waals surface area contributed by atoms with Crippen molar-refractivity contribution >= 4 is 0 Å². The van der Waals surface area contributed by atoms with Gasteiger partial charge in [0.2, 0.25) is 0 Å². The summed E-state index contributed by atoms with van der Waals surface area (Å²) in [6, 6.07) is 0. The largest absolute Gasteiger partial charge is 0.473 e. The van der Waals surface area contributed by atoms with Crippen molar-refractivity contribution in [3.63, 3.8) is 0 Å². The van der Waals surface area contributed by atoms with Gasteiger partial charge in [-0.15, -0.1) is 0 Å². The van der Waals surface area contributed by atoms with Crippen LogP contribution in [0.2, 0.25) is 0 Å². The number of hydrogen-bond donors (Lipinski definition) is 0. The van der Waals surface area contributed by atoms with E-state index >= 15 is 0 Å². The van der Waals surface area contributed by atoms with Gasteiger partial charge in [0.1, 0.15) is 6.73 Å². The van der Waals surface area contributed by atoms with Crippen molar-refractivity contribution in [3.05, 3.63) is 30.7 Å². The molecule has 0 bridgehead atoms. The molecule has 72 valence electrons. The van der Waals surface area contributed by atoms with Gasteiger partial charge >= 0.3 is 6.17 Å². The SMILES string of the molecule is [N-]=[N+]=NCOCC([N+](=O)[O-])[N+](=O)[O-]. The zero-order valence-electron chi connectivity index (χ0n) is 6.27. The topological polar surface area (TPSA) is 144 Å².